The van der Waals surface area contributed by atoms with Crippen molar-refractivity contribution in [3.63, 3.8) is 0 Å². The van der Waals surface area contributed by atoms with Gasteiger partial charge < -0.3 is 10.2 Å². The van der Waals surface area contributed by atoms with Gasteiger partial charge in [0.2, 0.25) is 5.91 Å². The van der Waals surface area contributed by atoms with E-state index in [2.05, 4.69) is 10.3 Å². The average Bonchev–Trinajstić information content (AvgIpc) is 2.53. The fourth-order valence-corrected chi connectivity index (χ4v) is 2.60. The molecule has 0 spiro atoms. The number of nitrogens with zero attached hydrogens (tertiary/aromatic N) is 2. The summed E-state index contributed by atoms with van der Waals surface area (Å²) in [4.78, 5) is 29.4. The molecule has 1 heterocycles. The molecule has 2 rings (SSSR count). The number of pyridine rings is 1. The van der Waals surface area contributed by atoms with Crippen molar-refractivity contribution in [2.24, 2.45) is 0 Å². The van der Waals surface area contributed by atoms with Gasteiger partial charge in [-0.05, 0) is 18.2 Å². The Morgan fingerprint density at radius 1 is 1.12 bits per heavy atom. The summed E-state index contributed by atoms with van der Waals surface area (Å²) in [5.41, 5.74) is 0.512. The summed E-state index contributed by atoms with van der Waals surface area (Å²) in [5.74, 6) is -0.879. The Morgan fingerprint density at radius 3 is 2.33 bits per heavy atom. The molecule has 24 heavy (non-hydrogen) atoms. The fourth-order valence-electron chi connectivity index (χ4n) is 1.84. The van der Waals surface area contributed by atoms with Crippen molar-refractivity contribution in [3.05, 3.63) is 56.2 Å². The van der Waals surface area contributed by atoms with Crippen LogP contribution in [0.2, 0.25) is 20.2 Å². The first-order valence-electron chi connectivity index (χ1n) is 6.60. The van der Waals surface area contributed by atoms with Gasteiger partial charge in [-0.2, -0.15) is 0 Å². The number of halogens is 4. The van der Waals surface area contributed by atoms with Crippen LogP contribution in [0, 0.1) is 0 Å². The molecule has 0 saturated heterocycles. The summed E-state index contributed by atoms with van der Waals surface area (Å²) in [5, 5.41) is 3.44. The number of benzene rings is 1. The minimum atomic E-state index is -0.450. The van der Waals surface area contributed by atoms with Gasteiger partial charge in [0.25, 0.3) is 5.91 Å². The highest BCUT2D eigenvalue weighted by Crippen LogP contribution is 2.29. The van der Waals surface area contributed by atoms with E-state index in [1.165, 1.54) is 24.2 Å². The number of hydrogen-bond donors (Lipinski definition) is 1. The Balaban J connectivity index is 2.05. The summed E-state index contributed by atoms with van der Waals surface area (Å²) >= 11 is 23.5. The Labute approximate surface area is 158 Å². The molecule has 2 aromatic rings. The van der Waals surface area contributed by atoms with Gasteiger partial charge in [0.1, 0.15) is 5.15 Å². The molecule has 0 bridgehead atoms. The number of carbonyl (C=O) groups is 2. The fraction of sp³-hybridized carbons (Fsp3) is 0.133. The van der Waals surface area contributed by atoms with Crippen LogP contribution in [0.4, 0.5) is 5.69 Å². The van der Waals surface area contributed by atoms with Gasteiger partial charge in [-0.15, -0.1) is 0 Å². The molecule has 5 nitrogen and oxygen atoms in total. The minimum absolute atomic E-state index is 0.0991. The molecule has 0 fully saturated rings. The van der Waals surface area contributed by atoms with Crippen LogP contribution >= 0.6 is 46.4 Å². The first-order valence-corrected chi connectivity index (χ1v) is 8.11. The number of nitrogens with one attached hydrogen (secondary N) is 1. The van der Waals surface area contributed by atoms with E-state index < -0.39 is 11.8 Å². The number of hydrogen-bond acceptors (Lipinski definition) is 3. The maximum absolute atomic E-state index is 12.3. The van der Waals surface area contributed by atoms with Crippen molar-refractivity contribution in [2.45, 2.75) is 0 Å². The maximum atomic E-state index is 12.3. The van der Waals surface area contributed by atoms with Crippen molar-refractivity contribution in [2.75, 3.05) is 18.9 Å². The molecule has 0 atom stereocenters. The Bertz CT molecular complexity index is 778. The molecule has 0 aliphatic carbocycles. The number of rotatable bonds is 4. The van der Waals surface area contributed by atoms with Crippen molar-refractivity contribution in [3.8, 4) is 0 Å². The maximum Gasteiger partial charge on any atom is 0.255 e. The monoisotopic (exact) mass is 405 g/mol. The third kappa shape index (κ3) is 4.51. The summed E-state index contributed by atoms with van der Waals surface area (Å²) in [6.07, 6.45) is 1.29. The van der Waals surface area contributed by atoms with Crippen LogP contribution in [-0.4, -0.2) is 35.3 Å². The highest BCUT2D eigenvalue weighted by Gasteiger charge is 2.18. The second kappa shape index (κ2) is 8.03. The molecule has 0 aliphatic heterocycles. The molecular weight excluding hydrogens is 396 g/mol. The van der Waals surface area contributed by atoms with Crippen LogP contribution in [0.3, 0.4) is 0 Å². The standard InChI is InChI=1S/C15H11Cl4N3O2/c1-22(15(24)8-5-11(18)14(19)20-6-8)7-12(23)21-13-9(16)3-2-4-10(13)17/h2-6H,7H2,1H3,(H,21,23). The van der Waals surface area contributed by atoms with E-state index in [1.54, 1.807) is 18.2 Å². The number of likely N-dealkylation sites (N-methyl/N-ethyl adjacent to an activating group) is 1. The van der Waals surface area contributed by atoms with Crippen molar-refractivity contribution >= 4 is 63.9 Å². The van der Waals surface area contributed by atoms with Crippen LogP contribution in [0.1, 0.15) is 10.4 Å². The summed E-state index contributed by atoms with van der Waals surface area (Å²) in [6.45, 7) is -0.208. The van der Waals surface area contributed by atoms with Crippen LogP contribution < -0.4 is 5.32 Å². The van der Waals surface area contributed by atoms with E-state index in [4.69, 9.17) is 46.4 Å². The van der Waals surface area contributed by atoms with E-state index in [0.717, 1.165) is 0 Å². The summed E-state index contributed by atoms with van der Waals surface area (Å²) in [7, 11) is 1.47. The van der Waals surface area contributed by atoms with Gasteiger partial charge in [0, 0.05) is 13.2 Å². The number of aromatic nitrogens is 1. The smallest absolute Gasteiger partial charge is 0.255 e. The lowest BCUT2D eigenvalue weighted by Gasteiger charge is -2.17. The van der Waals surface area contributed by atoms with Crippen LogP contribution in [-0.2, 0) is 4.79 Å². The van der Waals surface area contributed by atoms with E-state index in [0.29, 0.717) is 15.7 Å². The van der Waals surface area contributed by atoms with Gasteiger partial charge in [0.15, 0.2) is 0 Å². The normalized spacial score (nSPS) is 10.4. The lowest BCUT2D eigenvalue weighted by molar-refractivity contribution is -0.116. The third-order valence-corrected chi connectivity index (χ3v) is 4.31. The SMILES string of the molecule is CN(CC(=O)Nc1c(Cl)cccc1Cl)C(=O)c1cnc(Cl)c(Cl)c1. The van der Waals surface area contributed by atoms with Gasteiger partial charge in [0.05, 0.1) is 32.9 Å². The second-order valence-electron chi connectivity index (χ2n) is 4.80. The zero-order valence-electron chi connectivity index (χ0n) is 12.3. The first kappa shape index (κ1) is 18.8. The Hall–Kier alpha value is -1.53. The van der Waals surface area contributed by atoms with Gasteiger partial charge >= 0.3 is 0 Å². The van der Waals surface area contributed by atoms with Crippen LogP contribution in [0.15, 0.2) is 30.5 Å². The molecule has 1 aromatic heterocycles. The van der Waals surface area contributed by atoms with E-state index in [1.807, 2.05) is 0 Å². The zero-order valence-corrected chi connectivity index (χ0v) is 15.3. The second-order valence-corrected chi connectivity index (χ2v) is 6.38. The molecular formula is C15H11Cl4N3O2. The molecule has 0 radical (unpaired) electrons. The van der Waals surface area contributed by atoms with Crippen LogP contribution in [0.5, 0.6) is 0 Å². The van der Waals surface area contributed by atoms with Crippen LogP contribution in [0.25, 0.3) is 0 Å². The Kier molecular flexibility index (Phi) is 6.29. The molecule has 0 saturated carbocycles. The largest absolute Gasteiger partial charge is 0.332 e. The van der Waals surface area contributed by atoms with E-state index >= 15 is 0 Å². The molecule has 2 amide bonds. The molecule has 0 unspecified atom stereocenters. The van der Waals surface area contributed by atoms with Gasteiger partial charge in [-0.3, -0.25) is 9.59 Å². The quantitative estimate of drug-likeness (QED) is 0.765. The molecule has 9 heteroatoms. The molecule has 1 aromatic carbocycles. The predicted molar refractivity (Wildman–Crippen MR) is 96.3 cm³/mol. The highest BCUT2D eigenvalue weighted by molar-refractivity contribution is 6.41. The van der Waals surface area contributed by atoms with Crippen molar-refractivity contribution < 1.29 is 9.59 Å². The third-order valence-electron chi connectivity index (χ3n) is 3.00. The predicted octanol–water partition coefficient (Wildman–Crippen LogP) is 4.41. The molecule has 0 aliphatic rings. The summed E-state index contributed by atoms with van der Waals surface area (Å²) in [6, 6.07) is 6.24. The van der Waals surface area contributed by atoms with Crippen molar-refractivity contribution in [1.29, 1.82) is 0 Å². The lowest BCUT2D eigenvalue weighted by atomic mass is 10.2. The number of anilines is 1. The summed E-state index contributed by atoms with van der Waals surface area (Å²) < 4.78 is 0. The lowest BCUT2D eigenvalue weighted by Crippen LogP contribution is -2.35. The Morgan fingerprint density at radius 2 is 1.75 bits per heavy atom. The van der Waals surface area contributed by atoms with Crippen molar-refractivity contribution in [1.82, 2.24) is 9.88 Å². The average molecular weight is 407 g/mol. The van der Waals surface area contributed by atoms with E-state index in [9.17, 15) is 9.59 Å². The number of amides is 2. The van der Waals surface area contributed by atoms with E-state index in [-0.39, 0.29) is 22.3 Å². The molecule has 1 N–H and O–H groups in total. The topological polar surface area (TPSA) is 62.3 Å². The highest BCUT2D eigenvalue weighted by atomic mass is 35.5. The number of para-hydroxylation sites is 1. The first-order chi connectivity index (χ1) is 11.3. The minimum Gasteiger partial charge on any atom is -0.332 e. The zero-order chi connectivity index (χ0) is 17.9. The molecule has 126 valence electrons. The number of carbonyl (C=O) groups excluding carboxylic acids is 2. The van der Waals surface area contributed by atoms with Gasteiger partial charge in [-0.25, -0.2) is 4.98 Å². The van der Waals surface area contributed by atoms with Gasteiger partial charge in [-0.1, -0.05) is 52.5 Å².